The molecular formula is C6H13O2. The molecule has 8 heavy (non-hydrogen) atoms. The summed E-state index contributed by atoms with van der Waals surface area (Å²) < 4.78 is 4.79. The summed E-state index contributed by atoms with van der Waals surface area (Å²) >= 11 is 0. The van der Waals surface area contributed by atoms with E-state index in [0.29, 0.717) is 6.42 Å². The van der Waals surface area contributed by atoms with Crippen LogP contribution in [0.2, 0.25) is 0 Å². The van der Waals surface area contributed by atoms with Crippen molar-refractivity contribution < 1.29 is 9.84 Å². The largest absolute Gasteiger partial charge is 0.393 e. The molecule has 0 saturated heterocycles. The quantitative estimate of drug-likeness (QED) is 0.586. The van der Waals surface area contributed by atoms with Crippen molar-refractivity contribution in [3.8, 4) is 0 Å². The molecule has 0 fully saturated rings. The third-order valence-corrected chi connectivity index (χ3v) is 0.937. The average Bonchev–Trinajstić information content (AvgIpc) is 1.65. The lowest BCUT2D eigenvalue weighted by Crippen LogP contribution is -2.13. The molecule has 0 spiro atoms. The highest BCUT2D eigenvalue weighted by Gasteiger charge is 2.02. The Hall–Kier alpha value is -0.0800. The molecule has 2 atom stereocenters. The van der Waals surface area contributed by atoms with Crippen LogP contribution in [0.15, 0.2) is 0 Å². The predicted octanol–water partition coefficient (Wildman–Crippen LogP) is 0.606. The van der Waals surface area contributed by atoms with Crippen LogP contribution in [0.5, 0.6) is 0 Å². The molecule has 0 heterocycles. The molecule has 2 unspecified atom stereocenters. The zero-order valence-corrected chi connectivity index (χ0v) is 5.42. The van der Waals surface area contributed by atoms with Crippen molar-refractivity contribution in [3.05, 3.63) is 6.92 Å². The first-order valence-corrected chi connectivity index (χ1v) is 2.70. The third-order valence-electron chi connectivity index (χ3n) is 0.937. The first-order valence-electron chi connectivity index (χ1n) is 2.70. The first-order chi connectivity index (χ1) is 3.66. The van der Waals surface area contributed by atoms with Crippen LogP contribution < -0.4 is 0 Å². The van der Waals surface area contributed by atoms with Crippen LogP contribution in [0.3, 0.4) is 0 Å². The van der Waals surface area contributed by atoms with Gasteiger partial charge in [-0.3, -0.25) is 0 Å². The van der Waals surface area contributed by atoms with Gasteiger partial charge in [0, 0.05) is 7.11 Å². The normalized spacial score (nSPS) is 18.0. The third kappa shape index (κ3) is 4.09. The van der Waals surface area contributed by atoms with E-state index in [0.717, 1.165) is 0 Å². The van der Waals surface area contributed by atoms with Crippen LogP contribution >= 0.6 is 0 Å². The van der Waals surface area contributed by atoms with Crippen molar-refractivity contribution in [2.45, 2.75) is 25.6 Å². The summed E-state index contributed by atoms with van der Waals surface area (Å²) in [4.78, 5) is 0. The van der Waals surface area contributed by atoms with Gasteiger partial charge in [-0.2, -0.15) is 0 Å². The number of methoxy groups -OCH3 is 1. The summed E-state index contributed by atoms with van der Waals surface area (Å²) in [6, 6.07) is 0. The van der Waals surface area contributed by atoms with Gasteiger partial charge in [-0.05, 0) is 20.3 Å². The van der Waals surface area contributed by atoms with E-state index in [1.807, 2.05) is 0 Å². The zero-order chi connectivity index (χ0) is 6.57. The van der Waals surface area contributed by atoms with Crippen molar-refractivity contribution in [2.24, 2.45) is 0 Å². The predicted molar refractivity (Wildman–Crippen MR) is 32.5 cm³/mol. The average molecular weight is 117 g/mol. The SMILES string of the molecule is [CH2]C(CC(C)O)OC. The van der Waals surface area contributed by atoms with Gasteiger partial charge in [-0.25, -0.2) is 0 Å². The molecule has 0 bridgehead atoms. The van der Waals surface area contributed by atoms with Crippen LogP contribution in [0, 0.1) is 6.92 Å². The number of hydrogen-bond donors (Lipinski definition) is 1. The summed E-state index contributed by atoms with van der Waals surface area (Å²) in [5.74, 6) is 0. The van der Waals surface area contributed by atoms with E-state index in [2.05, 4.69) is 6.92 Å². The standard InChI is InChI=1S/C6H13O2/c1-5(7)4-6(2)8-3/h5-7H,2,4H2,1,3H3. The Labute approximate surface area is 50.5 Å². The van der Waals surface area contributed by atoms with Gasteiger partial charge in [0.15, 0.2) is 0 Å². The first kappa shape index (κ1) is 7.92. The number of hydrogen-bond acceptors (Lipinski definition) is 2. The van der Waals surface area contributed by atoms with Gasteiger partial charge in [0.1, 0.15) is 0 Å². The number of aliphatic hydroxyl groups is 1. The summed E-state index contributed by atoms with van der Waals surface area (Å²) in [5, 5.41) is 8.73. The van der Waals surface area contributed by atoms with Crippen molar-refractivity contribution in [2.75, 3.05) is 7.11 Å². The van der Waals surface area contributed by atoms with Crippen LogP contribution in [-0.2, 0) is 4.74 Å². The molecule has 0 aromatic rings. The lowest BCUT2D eigenvalue weighted by Gasteiger charge is -2.09. The van der Waals surface area contributed by atoms with Gasteiger partial charge in [0.25, 0.3) is 0 Å². The monoisotopic (exact) mass is 117 g/mol. The summed E-state index contributed by atoms with van der Waals surface area (Å²) in [7, 11) is 1.58. The number of aliphatic hydroxyl groups excluding tert-OH is 1. The maximum Gasteiger partial charge on any atom is 0.0596 e. The second-order valence-electron chi connectivity index (χ2n) is 1.94. The second kappa shape index (κ2) is 3.87. The van der Waals surface area contributed by atoms with E-state index in [1.165, 1.54) is 0 Å². The van der Waals surface area contributed by atoms with E-state index < -0.39 is 0 Å². The Morgan fingerprint density at radius 3 is 2.38 bits per heavy atom. The molecule has 0 amide bonds. The second-order valence-corrected chi connectivity index (χ2v) is 1.94. The summed E-state index contributed by atoms with van der Waals surface area (Å²) in [5.41, 5.74) is 0. The van der Waals surface area contributed by atoms with Crippen molar-refractivity contribution >= 4 is 0 Å². The lowest BCUT2D eigenvalue weighted by atomic mass is 10.2. The minimum Gasteiger partial charge on any atom is -0.393 e. The maximum atomic E-state index is 8.73. The topological polar surface area (TPSA) is 29.5 Å². The summed E-state index contributed by atoms with van der Waals surface area (Å²) in [6.45, 7) is 5.33. The Morgan fingerprint density at radius 2 is 2.25 bits per heavy atom. The highest BCUT2D eigenvalue weighted by molar-refractivity contribution is 4.61. The maximum absolute atomic E-state index is 8.73. The smallest absolute Gasteiger partial charge is 0.0596 e. The fourth-order valence-corrected chi connectivity index (χ4v) is 0.477. The molecule has 49 valence electrons. The Morgan fingerprint density at radius 1 is 1.75 bits per heavy atom. The van der Waals surface area contributed by atoms with Crippen LogP contribution in [0.4, 0.5) is 0 Å². The molecule has 0 aromatic heterocycles. The van der Waals surface area contributed by atoms with Gasteiger partial charge in [0.05, 0.1) is 12.2 Å². The van der Waals surface area contributed by atoms with Crippen LogP contribution in [0.1, 0.15) is 13.3 Å². The molecule has 0 saturated carbocycles. The van der Waals surface area contributed by atoms with E-state index in [1.54, 1.807) is 14.0 Å². The molecule has 1 N–H and O–H groups in total. The molecule has 0 aliphatic carbocycles. The summed E-state index contributed by atoms with van der Waals surface area (Å²) in [6.07, 6.45) is 0.226. The molecule has 1 radical (unpaired) electrons. The molecule has 2 heteroatoms. The fraction of sp³-hybridized carbons (Fsp3) is 0.833. The minimum atomic E-state index is -0.308. The van der Waals surface area contributed by atoms with E-state index >= 15 is 0 Å². The van der Waals surface area contributed by atoms with Crippen molar-refractivity contribution in [1.82, 2.24) is 0 Å². The Bertz CT molecular complexity index is 52.5. The highest BCUT2D eigenvalue weighted by atomic mass is 16.5. The minimum absolute atomic E-state index is 0.0741. The van der Waals surface area contributed by atoms with Gasteiger partial charge in [-0.15, -0.1) is 0 Å². The fourth-order valence-electron chi connectivity index (χ4n) is 0.477. The molecule has 0 rings (SSSR count). The van der Waals surface area contributed by atoms with Crippen LogP contribution in [-0.4, -0.2) is 24.4 Å². The van der Waals surface area contributed by atoms with E-state index in [4.69, 9.17) is 9.84 Å². The molecule has 0 aliphatic heterocycles. The molecule has 0 aromatic carbocycles. The zero-order valence-electron chi connectivity index (χ0n) is 5.42. The van der Waals surface area contributed by atoms with E-state index in [-0.39, 0.29) is 12.2 Å². The van der Waals surface area contributed by atoms with Gasteiger partial charge < -0.3 is 9.84 Å². The van der Waals surface area contributed by atoms with Crippen molar-refractivity contribution in [3.63, 3.8) is 0 Å². The van der Waals surface area contributed by atoms with Gasteiger partial charge >= 0.3 is 0 Å². The number of ether oxygens (including phenoxy) is 1. The highest BCUT2D eigenvalue weighted by Crippen LogP contribution is 1.98. The van der Waals surface area contributed by atoms with Crippen molar-refractivity contribution in [1.29, 1.82) is 0 Å². The number of rotatable bonds is 3. The lowest BCUT2D eigenvalue weighted by molar-refractivity contribution is 0.0785. The molecular weight excluding hydrogens is 104 g/mol. The van der Waals surface area contributed by atoms with Crippen LogP contribution in [0.25, 0.3) is 0 Å². The Balaban J connectivity index is 3.10. The van der Waals surface area contributed by atoms with Gasteiger partial charge in [0.2, 0.25) is 0 Å². The molecule has 2 nitrogen and oxygen atoms in total. The van der Waals surface area contributed by atoms with E-state index in [9.17, 15) is 0 Å². The molecule has 0 aliphatic rings. The van der Waals surface area contributed by atoms with Gasteiger partial charge in [-0.1, -0.05) is 0 Å². The Kier molecular flexibility index (Phi) is 3.83.